The minimum atomic E-state index is -1.03. The Balaban J connectivity index is 1.95. The Morgan fingerprint density at radius 1 is 1.40 bits per heavy atom. The number of methoxy groups -OCH3 is 1. The second-order valence-corrected chi connectivity index (χ2v) is 5.96. The standard InChI is InChI=1S/C14H15N3O2S/c1-19-13-7-9(20(2)18)3-4-10(13)14-16-11-5-6-15-8-12(11)17-14/h3-8,11,14,16H,1-2H3. The maximum absolute atomic E-state index is 11.5. The molecule has 6 heteroatoms. The van der Waals surface area contributed by atoms with Crippen molar-refractivity contribution in [1.82, 2.24) is 5.32 Å². The molecular formula is C14H15N3O2S. The molecule has 0 spiro atoms. The Bertz CT molecular complexity index is 652. The first-order chi connectivity index (χ1) is 9.69. The van der Waals surface area contributed by atoms with E-state index in [-0.39, 0.29) is 12.2 Å². The Hall–Kier alpha value is -1.79. The summed E-state index contributed by atoms with van der Waals surface area (Å²) in [7, 11) is 0.582. The van der Waals surface area contributed by atoms with Gasteiger partial charge in [-0.05, 0) is 18.2 Å². The molecule has 2 heterocycles. The number of hydrogen-bond donors (Lipinski definition) is 1. The van der Waals surface area contributed by atoms with Gasteiger partial charge in [0.15, 0.2) is 0 Å². The van der Waals surface area contributed by atoms with Gasteiger partial charge in [0.25, 0.3) is 0 Å². The molecule has 3 atom stereocenters. The van der Waals surface area contributed by atoms with Crippen molar-refractivity contribution in [2.45, 2.75) is 17.1 Å². The first-order valence-electron chi connectivity index (χ1n) is 6.24. The minimum absolute atomic E-state index is 0.0992. The fourth-order valence-corrected chi connectivity index (χ4v) is 2.83. The molecule has 0 fully saturated rings. The Kier molecular flexibility index (Phi) is 3.50. The lowest BCUT2D eigenvalue weighted by molar-refractivity contribution is 0.401. The van der Waals surface area contributed by atoms with Crippen LogP contribution in [0.4, 0.5) is 0 Å². The third kappa shape index (κ3) is 2.32. The molecule has 1 N–H and O–H groups in total. The van der Waals surface area contributed by atoms with Gasteiger partial charge in [-0.15, -0.1) is 0 Å². The molecule has 2 aliphatic rings. The Morgan fingerprint density at radius 3 is 2.95 bits per heavy atom. The molecule has 0 aromatic heterocycles. The van der Waals surface area contributed by atoms with Crippen LogP contribution in [-0.4, -0.2) is 35.5 Å². The molecule has 3 rings (SSSR count). The van der Waals surface area contributed by atoms with Crippen molar-refractivity contribution in [3.05, 3.63) is 36.0 Å². The fraction of sp³-hybridized carbons (Fsp3) is 0.286. The molecular weight excluding hydrogens is 274 g/mol. The summed E-state index contributed by atoms with van der Waals surface area (Å²) in [5, 5.41) is 3.39. The highest BCUT2D eigenvalue weighted by Gasteiger charge is 2.28. The summed E-state index contributed by atoms with van der Waals surface area (Å²) in [5.74, 6) is 0.694. The topological polar surface area (TPSA) is 63.0 Å². The maximum Gasteiger partial charge on any atom is 0.130 e. The van der Waals surface area contributed by atoms with Crippen molar-refractivity contribution in [2.24, 2.45) is 9.98 Å². The zero-order chi connectivity index (χ0) is 14.1. The molecule has 20 heavy (non-hydrogen) atoms. The normalized spacial score (nSPS) is 25.2. The number of rotatable bonds is 3. The van der Waals surface area contributed by atoms with Gasteiger partial charge < -0.3 is 4.74 Å². The summed E-state index contributed by atoms with van der Waals surface area (Å²) in [5.41, 5.74) is 1.85. The summed E-state index contributed by atoms with van der Waals surface area (Å²) in [4.78, 5) is 9.44. The third-order valence-electron chi connectivity index (χ3n) is 3.34. The van der Waals surface area contributed by atoms with Gasteiger partial charge in [0.1, 0.15) is 11.9 Å². The number of hydrogen-bond acceptors (Lipinski definition) is 5. The van der Waals surface area contributed by atoms with Crippen LogP contribution >= 0.6 is 0 Å². The van der Waals surface area contributed by atoms with Gasteiger partial charge in [-0.3, -0.25) is 19.5 Å². The van der Waals surface area contributed by atoms with E-state index in [2.05, 4.69) is 15.3 Å². The quantitative estimate of drug-likeness (QED) is 0.916. The van der Waals surface area contributed by atoms with Gasteiger partial charge in [0.2, 0.25) is 0 Å². The number of fused-ring (bicyclic) bond motifs is 1. The second kappa shape index (κ2) is 5.30. The van der Waals surface area contributed by atoms with E-state index in [1.54, 1.807) is 31.8 Å². The first-order valence-corrected chi connectivity index (χ1v) is 7.80. The van der Waals surface area contributed by atoms with Gasteiger partial charge in [-0.25, -0.2) is 0 Å². The molecule has 1 aromatic carbocycles. The third-order valence-corrected chi connectivity index (χ3v) is 4.25. The second-order valence-electron chi connectivity index (χ2n) is 4.58. The van der Waals surface area contributed by atoms with E-state index in [1.165, 1.54) is 0 Å². The van der Waals surface area contributed by atoms with Crippen molar-refractivity contribution < 1.29 is 8.95 Å². The van der Waals surface area contributed by atoms with Gasteiger partial charge in [-0.2, -0.15) is 0 Å². The minimum Gasteiger partial charge on any atom is -0.496 e. The van der Waals surface area contributed by atoms with Crippen LogP contribution in [0.2, 0.25) is 0 Å². The highest BCUT2D eigenvalue weighted by molar-refractivity contribution is 7.84. The van der Waals surface area contributed by atoms with Crippen LogP contribution in [0.5, 0.6) is 5.75 Å². The number of aliphatic imine (C=N–C) groups is 2. The zero-order valence-corrected chi connectivity index (χ0v) is 12.1. The Labute approximate surface area is 119 Å². The molecule has 5 nitrogen and oxygen atoms in total. The number of nitrogens with zero attached hydrogens (tertiary/aromatic N) is 2. The van der Waals surface area contributed by atoms with Crippen LogP contribution in [0.15, 0.2) is 45.4 Å². The van der Waals surface area contributed by atoms with Gasteiger partial charge in [0.05, 0.1) is 18.9 Å². The van der Waals surface area contributed by atoms with Gasteiger partial charge >= 0.3 is 0 Å². The average molecular weight is 289 g/mol. The van der Waals surface area contributed by atoms with E-state index in [9.17, 15) is 4.21 Å². The van der Waals surface area contributed by atoms with Gasteiger partial charge in [0, 0.05) is 39.9 Å². The van der Waals surface area contributed by atoms with Crippen LogP contribution < -0.4 is 10.1 Å². The van der Waals surface area contributed by atoms with Crippen molar-refractivity contribution in [3.8, 4) is 5.75 Å². The summed E-state index contributed by atoms with van der Waals surface area (Å²) >= 11 is 0. The van der Waals surface area contributed by atoms with Crippen LogP contribution in [-0.2, 0) is 10.8 Å². The average Bonchev–Trinajstić information content (AvgIpc) is 2.90. The molecule has 0 saturated carbocycles. The van der Waals surface area contributed by atoms with Crippen LogP contribution in [0.25, 0.3) is 0 Å². The molecule has 0 aliphatic carbocycles. The molecule has 0 saturated heterocycles. The molecule has 2 aliphatic heterocycles. The van der Waals surface area contributed by atoms with Gasteiger partial charge in [-0.1, -0.05) is 6.07 Å². The maximum atomic E-state index is 11.5. The monoisotopic (exact) mass is 289 g/mol. The predicted molar refractivity (Wildman–Crippen MR) is 80.1 cm³/mol. The lowest BCUT2D eigenvalue weighted by atomic mass is 10.1. The molecule has 3 unspecified atom stereocenters. The fourth-order valence-electron chi connectivity index (χ4n) is 2.30. The lowest BCUT2D eigenvalue weighted by Gasteiger charge is -2.15. The van der Waals surface area contributed by atoms with E-state index < -0.39 is 10.8 Å². The summed E-state index contributed by atoms with van der Waals surface area (Å²) in [6, 6.07) is 5.67. The molecule has 104 valence electrons. The van der Waals surface area contributed by atoms with Crippen molar-refractivity contribution >= 4 is 22.7 Å². The van der Waals surface area contributed by atoms with Crippen LogP contribution in [0, 0.1) is 0 Å². The largest absolute Gasteiger partial charge is 0.496 e. The van der Waals surface area contributed by atoms with E-state index in [1.807, 2.05) is 18.2 Å². The van der Waals surface area contributed by atoms with Crippen LogP contribution in [0.3, 0.4) is 0 Å². The summed E-state index contributed by atoms with van der Waals surface area (Å²) in [6.45, 7) is 0. The van der Waals surface area contributed by atoms with E-state index >= 15 is 0 Å². The molecule has 1 aromatic rings. The lowest BCUT2D eigenvalue weighted by Crippen LogP contribution is -2.31. The van der Waals surface area contributed by atoms with Crippen molar-refractivity contribution in [2.75, 3.05) is 13.4 Å². The highest BCUT2D eigenvalue weighted by atomic mass is 32.2. The Morgan fingerprint density at radius 2 is 2.25 bits per heavy atom. The molecule has 0 radical (unpaired) electrons. The van der Waals surface area contributed by atoms with Crippen molar-refractivity contribution in [3.63, 3.8) is 0 Å². The molecule has 0 amide bonds. The smallest absolute Gasteiger partial charge is 0.130 e. The zero-order valence-electron chi connectivity index (χ0n) is 11.2. The van der Waals surface area contributed by atoms with Crippen molar-refractivity contribution in [1.29, 1.82) is 0 Å². The van der Waals surface area contributed by atoms with E-state index in [0.29, 0.717) is 5.75 Å². The number of ether oxygens (including phenoxy) is 1. The molecule has 0 bridgehead atoms. The predicted octanol–water partition coefficient (Wildman–Crippen LogP) is 1.44. The number of nitrogens with one attached hydrogen (secondary N) is 1. The first kappa shape index (κ1) is 13.2. The summed E-state index contributed by atoms with van der Waals surface area (Å²) < 4.78 is 16.9. The summed E-state index contributed by atoms with van der Waals surface area (Å²) in [6.07, 6.45) is 6.98. The van der Waals surface area contributed by atoms with Crippen LogP contribution in [0.1, 0.15) is 11.7 Å². The van der Waals surface area contributed by atoms with E-state index in [4.69, 9.17) is 4.74 Å². The van der Waals surface area contributed by atoms with E-state index in [0.717, 1.165) is 16.2 Å². The SMILES string of the molecule is COc1cc(S(C)=O)ccc1C1N=C2C=NC=CC2N1. The highest BCUT2D eigenvalue weighted by Crippen LogP contribution is 2.31. The number of benzene rings is 1.